The van der Waals surface area contributed by atoms with Gasteiger partial charge in [-0.25, -0.2) is 0 Å². The van der Waals surface area contributed by atoms with Crippen LogP contribution in [0.4, 0.5) is 0 Å². The third-order valence-corrected chi connectivity index (χ3v) is 5.74. The first kappa shape index (κ1) is 15.2. The van der Waals surface area contributed by atoms with Crippen molar-refractivity contribution < 1.29 is 14.4 Å². The first-order valence-corrected chi connectivity index (χ1v) is 8.64. The van der Waals surface area contributed by atoms with Gasteiger partial charge in [-0.1, -0.05) is 26.7 Å². The summed E-state index contributed by atoms with van der Waals surface area (Å²) in [5.41, 5.74) is 3.01. The molecule has 0 unspecified atom stereocenters. The molecule has 5 nitrogen and oxygen atoms in total. The summed E-state index contributed by atoms with van der Waals surface area (Å²) in [5.74, 6) is -1.01. The Morgan fingerprint density at radius 2 is 1.82 bits per heavy atom. The molecule has 2 fully saturated rings. The fraction of sp³-hybridized carbons (Fsp3) is 0.562. The van der Waals surface area contributed by atoms with Gasteiger partial charge < -0.3 is 0 Å². The second-order valence-corrected chi connectivity index (χ2v) is 7.29. The van der Waals surface area contributed by atoms with Gasteiger partial charge in [-0.15, -0.1) is 11.3 Å². The smallest absolute Gasteiger partial charge is 0.271 e. The van der Waals surface area contributed by atoms with E-state index in [1.807, 2.05) is 6.07 Å². The van der Waals surface area contributed by atoms with Crippen molar-refractivity contribution in [2.24, 2.45) is 11.8 Å². The monoisotopic (exact) mass is 320 g/mol. The molecule has 3 amide bonds. The minimum absolute atomic E-state index is 0.241. The fourth-order valence-corrected chi connectivity index (χ4v) is 4.12. The van der Waals surface area contributed by atoms with Crippen molar-refractivity contribution in [2.45, 2.75) is 45.4 Å². The molecule has 1 aliphatic carbocycles. The Labute approximate surface area is 133 Å². The van der Waals surface area contributed by atoms with Crippen LogP contribution in [0.5, 0.6) is 0 Å². The van der Waals surface area contributed by atoms with E-state index in [9.17, 15) is 14.4 Å². The van der Waals surface area contributed by atoms with Gasteiger partial charge in [-0.3, -0.25) is 19.8 Å². The number of thiophene rings is 1. The molecule has 118 valence electrons. The van der Waals surface area contributed by atoms with Gasteiger partial charge in [0, 0.05) is 10.3 Å². The average Bonchev–Trinajstić information content (AvgIpc) is 3.08. The van der Waals surface area contributed by atoms with Crippen molar-refractivity contribution in [3.63, 3.8) is 0 Å². The molecule has 1 aromatic heterocycles. The van der Waals surface area contributed by atoms with Crippen molar-refractivity contribution in [1.82, 2.24) is 10.4 Å². The normalized spacial score (nSPS) is 24.8. The zero-order valence-electron chi connectivity index (χ0n) is 12.8. The largest absolute Gasteiger partial charge is 0.272 e. The minimum Gasteiger partial charge on any atom is -0.272 e. The number of hydrogen-bond donors (Lipinski definition) is 1. The molecule has 2 heterocycles. The third kappa shape index (κ3) is 2.56. The summed E-state index contributed by atoms with van der Waals surface area (Å²) in [5, 5.41) is 2.72. The molecule has 0 bridgehead atoms. The van der Waals surface area contributed by atoms with Gasteiger partial charge in [-0.2, -0.15) is 5.01 Å². The highest BCUT2D eigenvalue weighted by Crippen LogP contribution is 2.37. The lowest BCUT2D eigenvalue weighted by Crippen LogP contribution is -2.46. The Morgan fingerprint density at radius 1 is 1.23 bits per heavy atom. The van der Waals surface area contributed by atoms with Crippen LogP contribution in [-0.2, 0) is 9.59 Å². The average molecular weight is 320 g/mol. The summed E-state index contributed by atoms with van der Waals surface area (Å²) < 4.78 is 0. The van der Waals surface area contributed by atoms with E-state index >= 15 is 0 Å². The number of imide groups is 1. The number of carbonyl (C=O) groups excluding carboxylic acids is 3. The van der Waals surface area contributed by atoms with Gasteiger partial charge in [0.1, 0.15) is 0 Å². The molecule has 1 aromatic rings. The highest BCUT2D eigenvalue weighted by atomic mass is 32.1. The zero-order valence-corrected chi connectivity index (χ0v) is 13.6. The standard InChI is InChI=1S/C16H20N2O3S/c1-9(2)13-7-10(8-22-13)14(19)17-18-15(20)11-5-3-4-6-12(11)16(18)21/h7-9,11-12H,3-6H2,1-2H3,(H,17,19)/t11-,12-/m1/s1. The van der Waals surface area contributed by atoms with Crippen molar-refractivity contribution in [2.75, 3.05) is 0 Å². The van der Waals surface area contributed by atoms with Crippen LogP contribution in [-0.4, -0.2) is 22.7 Å². The predicted molar refractivity (Wildman–Crippen MR) is 83.2 cm³/mol. The third-order valence-electron chi connectivity index (χ3n) is 4.51. The van der Waals surface area contributed by atoms with E-state index in [0.717, 1.165) is 35.6 Å². The molecule has 0 aromatic carbocycles. The Bertz CT molecular complexity index is 599. The van der Waals surface area contributed by atoms with Crippen LogP contribution >= 0.6 is 11.3 Å². The first-order chi connectivity index (χ1) is 10.5. The molecular formula is C16H20N2O3S. The van der Waals surface area contributed by atoms with Crippen LogP contribution in [0.2, 0.25) is 0 Å². The van der Waals surface area contributed by atoms with Crippen molar-refractivity contribution >= 4 is 29.1 Å². The van der Waals surface area contributed by atoms with Crippen molar-refractivity contribution in [3.8, 4) is 0 Å². The van der Waals surface area contributed by atoms with E-state index in [2.05, 4.69) is 19.3 Å². The number of rotatable bonds is 3. The lowest BCUT2D eigenvalue weighted by molar-refractivity contribution is -0.142. The summed E-state index contributed by atoms with van der Waals surface area (Å²) in [6.45, 7) is 4.12. The lowest BCUT2D eigenvalue weighted by atomic mass is 9.81. The van der Waals surface area contributed by atoms with Gasteiger partial charge in [0.25, 0.3) is 17.7 Å². The molecule has 22 heavy (non-hydrogen) atoms. The van der Waals surface area contributed by atoms with E-state index in [1.165, 1.54) is 11.3 Å². The molecule has 1 aliphatic heterocycles. The molecule has 3 rings (SSSR count). The van der Waals surface area contributed by atoms with E-state index in [0.29, 0.717) is 11.5 Å². The maximum absolute atomic E-state index is 12.3. The van der Waals surface area contributed by atoms with Crippen LogP contribution in [0.1, 0.15) is 60.7 Å². The number of fused-ring (bicyclic) bond motifs is 1. The Kier molecular flexibility index (Phi) is 4.04. The summed E-state index contributed by atoms with van der Waals surface area (Å²) in [6.07, 6.45) is 3.45. The predicted octanol–water partition coefficient (Wildman–Crippen LogP) is 2.69. The molecule has 0 radical (unpaired) electrons. The van der Waals surface area contributed by atoms with Gasteiger partial charge in [0.05, 0.1) is 17.4 Å². The number of nitrogens with zero attached hydrogens (tertiary/aromatic N) is 1. The highest BCUT2D eigenvalue weighted by Gasteiger charge is 2.49. The van der Waals surface area contributed by atoms with Gasteiger partial charge in [0.2, 0.25) is 0 Å². The molecular weight excluding hydrogens is 300 g/mol. The number of nitrogens with one attached hydrogen (secondary N) is 1. The van der Waals surface area contributed by atoms with Crippen LogP contribution in [0.15, 0.2) is 11.4 Å². The Balaban J connectivity index is 1.73. The number of carbonyl (C=O) groups is 3. The van der Waals surface area contributed by atoms with E-state index in [4.69, 9.17) is 0 Å². The Morgan fingerprint density at radius 3 is 2.32 bits per heavy atom. The topological polar surface area (TPSA) is 66.5 Å². The van der Waals surface area contributed by atoms with Crippen LogP contribution in [0.25, 0.3) is 0 Å². The maximum Gasteiger partial charge on any atom is 0.271 e. The fourth-order valence-electron chi connectivity index (χ4n) is 3.21. The van der Waals surface area contributed by atoms with Crippen molar-refractivity contribution in [3.05, 3.63) is 21.9 Å². The molecule has 0 spiro atoms. The molecule has 6 heteroatoms. The minimum atomic E-state index is -0.386. The van der Waals surface area contributed by atoms with Crippen molar-refractivity contribution in [1.29, 1.82) is 0 Å². The van der Waals surface area contributed by atoms with E-state index < -0.39 is 0 Å². The summed E-state index contributed by atoms with van der Waals surface area (Å²) in [7, 11) is 0. The maximum atomic E-state index is 12.3. The van der Waals surface area contributed by atoms with Crippen LogP contribution < -0.4 is 5.43 Å². The van der Waals surface area contributed by atoms with Gasteiger partial charge in [-0.05, 0) is 24.8 Å². The molecule has 2 aliphatic rings. The number of amides is 3. The zero-order chi connectivity index (χ0) is 15.9. The second kappa shape index (κ2) is 5.83. The summed E-state index contributed by atoms with van der Waals surface area (Å²) in [6, 6.07) is 1.82. The highest BCUT2D eigenvalue weighted by molar-refractivity contribution is 7.10. The number of hydrazine groups is 1. The van der Waals surface area contributed by atoms with E-state index in [1.54, 1.807) is 5.38 Å². The van der Waals surface area contributed by atoms with Gasteiger partial charge in [0.15, 0.2) is 0 Å². The molecule has 1 N–H and O–H groups in total. The SMILES string of the molecule is CC(C)c1cc(C(=O)NN2C(=O)[C@@H]3CCCC[C@H]3C2=O)cs1. The molecule has 1 saturated heterocycles. The quantitative estimate of drug-likeness (QED) is 0.871. The summed E-state index contributed by atoms with van der Waals surface area (Å²) in [4.78, 5) is 38.0. The number of hydrogen-bond acceptors (Lipinski definition) is 4. The lowest BCUT2D eigenvalue weighted by Gasteiger charge is -2.19. The summed E-state index contributed by atoms with van der Waals surface area (Å²) >= 11 is 1.52. The molecule has 2 atom stereocenters. The van der Waals surface area contributed by atoms with E-state index in [-0.39, 0.29) is 29.6 Å². The first-order valence-electron chi connectivity index (χ1n) is 7.76. The Hall–Kier alpha value is -1.69. The van der Waals surface area contributed by atoms with Crippen LogP contribution in [0, 0.1) is 11.8 Å². The second-order valence-electron chi connectivity index (χ2n) is 6.34. The van der Waals surface area contributed by atoms with Gasteiger partial charge >= 0.3 is 0 Å². The molecule has 1 saturated carbocycles. The van der Waals surface area contributed by atoms with Crippen LogP contribution in [0.3, 0.4) is 0 Å².